The highest BCUT2D eigenvalue weighted by atomic mass is 32.2. The summed E-state index contributed by atoms with van der Waals surface area (Å²) in [5.74, 6) is 0.691. The molecule has 1 aromatic rings. The smallest absolute Gasteiger partial charge is 0.240 e. The molecule has 0 amide bonds. The van der Waals surface area contributed by atoms with Crippen molar-refractivity contribution in [3.63, 3.8) is 0 Å². The summed E-state index contributed by atoms with van der Waals surface area (Å²) >= 11 is 0. The Hall–Kier alpha value is -1.07. The Balaban J connectivity index is 1.95. The molecule has 0 bridgehead atoms. The Bertz CT molecular complexity index is 534. The Morgan fingerprint density at radius 1 is 1.32 bits per heavy atom. The second-order valence-corrected chi connectivity index (χ2v) is 7.12. The first-order chi connectivity index (χ1) is 8.99. The van der Waals surface area contributed by atoms with E-state index in [2.05, 4.69) is 4.72 Å². The van der Waals surface area contributed by atoms with Crippen molar-refractivity contribution in [1.82, 2.24) is 4.72 Å². The third-order valence-electron chi connectivity index (χ3n) is 3.87. The first-order valence-corrected chi connectivity index (χ1v) is 8.33. The van der Waals surface area contributed by atoms with E-state index in [0.29, 0.717) is 23.0 Å². The summed E-state index contributed by atoms with van der Waals surface area (Å²) in [7, 11) is -3.40. The van der Waals surface area contributed by atoms with Crippen LogP contribution < -0.4 is 10.5 Å². The third kappa shape index (κ3) is 3.70. The van der Waals surface area contributed by atoms with Crippen LogP contribution in [0.25, 0.3) is 0 Å². The number of nitrogen functional groups attached to an aromatic ring is 1. The van der Waals surface area contributed by atoms with Gasteiger partial charge in [0.2, 0.25) is 10.0 Å². The summed E-state index contributed by atoms with van der Waals surface area (Å²) in [5, 5.41) is 0. The molecule has 0 spiro atoms. The zero-order valence-corrected chi connectivity index (χ0v) is 12.2. The Morgan fingerprint density at radius 3 is 2.63 bits per heavy atom. The van der Waals surface area contributed by atoms with Gasteiger partial charge in [0.15, 0.2) is 0 Å². The number of anilines is 1. The van der Waals surface area contributed by atoms with Gasteiger partial charge in [-0.25, -0.2) is 13.1 Å². The lowest BCUT2D eigenvalue weighted by Crippen LogP contribution is -2.26. The van der Waals surface area contributed by atoms with Gasteiger partial charge in [-0.3, -0.25) is 0 Å². The molecule has 0 radical (unpaired) electrons. The van der Waals surface area contributed by atoms with Crippen LogP contribution in [-0.2, 0) is 10.0 Å². The Kier molecular flexibility index (Phi) is 4.47. The molecule has 0 aliphatic heterocycles. The van der Waals surface area contributed by atoms with Crippen LogP contribution in [0, 0.1) is 12.8 Å². The molecule has 0 unspecified atom stereocenters. The summed E-state index contributed by atoms with van der Waals surface area (Å²) < 4.78 is 26.9. The molecule has 1 saturated carbocycles. The number of nitrogens with two attached hydrogens (primary N) is 1. The number of benzene rings is 1. The lowest BCUT2D eigenvalue weighted by molar-refractivity contribution is 0.495. The molecule has 4 nitrogen and oxygen atoms in total. The molecule has 5 heteroatoms. The van der Waals surface area contributed by atoms with E-state index in [1.165, 1.54) is 25.7 Å². The van der Waals surface area contributed by atoms with Crippen LogP contribution in [0.1, 0.15) is 37.7 Å². The van der Waals surface area contributed by atoms with Gasteiger partial charge in [0, 0.05) is 12.2 Å². The van der Waals surface area contributed by atoms with Crippen molar-refractivity contribution < 1.29 is 8.42 Å². The van der Waals surface area contributed by atoms with Gasteiger partial charge in [-0.2, -0.15) is 0 Å². The van der Waals surface area contributed by atoms with E-state index in [1.807, 2.05) is 6.92 Å². The third-order valence-corrected chi connectivity index (χ3v) is 5.33. The molecule has 106 valence electrons. The predicted molar refractivity (Wildman–Crippen MR) is 77.4 cm³/mol. The van der Waals surface area contributed by atoms with Gasteiger partial charge in [-0.15, -0.1) is 0 Å². The first-order valence-electron chi connectivity index (χ1n) is 6.85. The molecule has 0 atom stereocenters. The van der Waals surface area contributed by atoms with Crippen molar-refractivity contribution in [3.05, 3.63) is 23.8 Å². The number of aryl methyl sites for hydroxylation is 1. The van der Waals surface area contributed by atoms with Gasteiger partial charge in [0.05, 0.1) is 4.90 Å². The second-order valence-electron chi connectivity index (χ2n) is 5.36. The van der Waals surface area contributed by atoms with Crippen LogP contribution in [0.3, 0.4) is 0 Å². The fourth-order valence-electron chi connectivity index (χ4n) is 2.60. The molecule has 3 N–H and O–H groups in total. The number of sulfonamides is 1. The molecular formula is C14H22N2O2S. The van der Waals surface area contributed by atoms with E-state index < -0.39 is 10.0 Å². The molecular weight excluding hydrogens is 260 g/mol. The highest BCUT2D eigenvalue weighted by Gasteiger charge is 2.18. The maximum absolute atomic E-state index is 12.1. The molecule has 1 fully saturated rings. The largest absolute Gasteiger partial charge is 0.399 e. The fraction of sp³-hybridized carbons (Fsp3) is 0.571. The SMILES string of the molecule is Cc1cc(S(=O)(=O)NCCC2CCCC2)ccc1N. The quantitative estimate of drug-likeness (QED) is 0.815. The minimum Gasteiger partial charge on any atom is -0.399 e. The average molecular weight is 282 g/mol. The predicted octanol–water partition coefficient (Wildman–Crippen LogP) is 2.44. The van der Waals surface area contributed by atoms with Crippen molar-refractivity contribution in [3.8, 4) is 0 Å². The van der Waals surface area contributed by atoms with E-state index in [1.54, 1.807) is 18.2 Å². The minimum absolute atomic E-state index is 0.297. The fourth-order valence-corrected chi connectivity index (χ4v) is 3.73. The van der Waals surface area contributed by atoms with Gasteiger partial charge < -0.3 is 5.73 Å². The van der Waals surface area contributed by atoms with Crippen molar-refractivity contribution in [2.45, 2.75) is 43.9 Å². The topological polar surface area (TPSA) is 72.2 Å². The second kappa shape index (κ2) is 5.92. The van der Waals surface area contributed by atoms with Gasteiger partial charge in [0.1, 0.15) is 0 Å². The number of rotatable bonds is 5. The average Bonchev–Trinajstić information content (AvgIpc) is 2.85. The van der Waals surface area contributed by atoms with Crippen LogP contribution in [0.2, 0.25) is 0 Å². The van der Waals surface area contributed by atoms with Crippen molar-refractivity contribution in [2.24, 2.45) is 5.92 Å². The summed E-state index contributed by atoms with van der Waals surface area (Å²) in [5.41, 5.74) is 7.11. The normalized spacial score (nSPS) is 16.9. The standard InChI is InChI=1S/C14H22N2O2S/c1-11-10-13(6-7-14(11)15)19(17,18)16-9-8-12-4-2-3-5-12/h6-7,10,12,16H,2-5,8-9,15H2,1H3. The van der Waals surface area contributed by atoms with Crippen LogP contribution in [-0.4, -0.2) is 15.0 Å². The number of hydrogen-bond acceptors (Lipinski definition) is 3. The Labute approximate surface area is 115 Å². The summed E-state index contributed by atoms with van der Waals surface area (Å²) in [6, 6.07) is 4.81. The molecule has 0 saturated heterocycles. The zero-order chi connectivity index (χ0) is 13.9. The van der Waals surface area contributed by atoms with Gasteiger partial charge in [-0.1, -0.05) is 25.7 Å². The van der Waals surface area contributed by atoms with Gasteiger partial charge in [-0.05, 0) is 43.0 Å². The Morgan fingerprint density at radius 2 is 2.00 bits per heavy atom. The number of nitrogens with one attached hydrogen (secondary N) is 1. The van der Waals surface area contributed by atoms with Crippen molar-refractivity contribution >= 4 is 15.7 Å². The zero-order valence-electron chi connectivity index (χ0n) is 11.4. The first kappa shape index (κ1) is 14.3. The van der Waals surface area contributed by atoms with E-state index in [9.17, 15) is 8.42 Å². The van der Waals surface area contributed by atoms with E-state index in [-0.39, 0.29) is 0 Å². The summed E-state index contributed by atoms with van der Waals surface area (Å²) in [6.45, 7) is 2.34. The molecule has 0 aromatic heterocycles. The van der Waals surface area contributed by atoms with Crippen LogP contribution >= 0.6 is 0 Å². The molecule has 1 aliphatic rings. The maximum atomic E-state index is 12.1. The lowest BCUT2D eigenvalue weighted by Gasteiger charge is -2.11. The van der Waals surface area contributed by atoms with Gasteiger partial charge >= 0.3 is 0 Å². The monoisotopic (exact) mass is 282 g/mol. The van der Waals surface area contributed by atoms with Crippen LogP contribution in [0.5, 0.6) is 0 Å². The molecule has 2 rings (SSSR count). The molecule has 0 heterocycles. The van der Waals surface area contributed by atoms with Crippen molar-refractivity contribution in [1.29, 1.82) is 0 Å². The summed E-state index contributed by atoms with van der Waals surface area (Å²) in [4.78, 5) is 0.297. The van der Waals surface area contributed by atoms with Crippen LogP contribution in [0.4, 0.5) is 5.69 Å². The van der Waals surface area contributed by atoms with Crippen molar-refractivity contribution in [2.75, 3.05) is 12.3 Å². The maximum Gasteiger partial charge on any atom is 0.240 e. The highest BCUT2D eigenvalue weighted by Crippen LogP contribution is 2.27. The summed E-state index contributed by atoms with van der Waals surface area (Å²) in [6.07, 6.45) is 5.99. The van der Waals surface area contributed by atoms with Crippen LogP contribution in [0.15, 0.2) is 23.1 Å². The minimum atomic E-state index is -3.40. The van der Waals surface area contributed by atoms with E-state index in [0.717, 1.165) is 12.0 Å². The van der Waals surface area contributed by atoms with E-state index >= 15 is 0 Å². The lowest BCUT2D eigenvalue weighted by atomic mass is 10.1. The molecule has 1 aromatic carbocycles. The molecule has 1 aliphatic carbocycles. The van der Waals surface area contributed by atoms with Gasteiger partial charge in [0.25, 0.3) is 0 Å². The number of hydrogen-bond donors (Lipinski definition) is 2. The molecule has 19 heavy (non-hydrogen) atoms. The van der Waals surface area contributed by atoms with E-state index in [4.69, 9.17) is 5.73 Å². The highest BCUT2D eigenvalue weighted by molar-refractivity contribution is 7.89.